The van der Waals surface area contributed by atoms with Crippen LogP contribution in [0.1, 0.15) is 35.2 Å². The third kappa shape index (κ3) is 6.63. The van der Waals surface area contributed by atoms with E-state index in [0.29, 0.717) is 61.8 Å². The number of amides is 1. The molecule has 1 aromatic carbocycles. The standard InChI is InChI=1S/C34H37Cl2FN6O3/c1-45-32-24(19-39-20-25-10-12-29(44)41-25)9-11-28(42-32)33(14-5-8-27(34(33,35)36)22-6-3-2-4-7-22)43-31-30(37)23(13-15-40-31)18-26-21-38-16-17-46-26/h2-9,11,13-15,25-26,38-39H,10,12,16-21H2,1H3,(H,40,43)(H,41,44). The fourth-order valence-corrected chi connectivity index (χ4v) is 6.92. The molecule has 4 heterocycles. The average Bonchev–Trinajstić information content (AvgIpc) is 3.49. The number of aromatic nitrogens is 2. The van der Waals surface area contributed by atoms with E-state index >= 15 is 4.39 Å². The van der Waals surface area contributed by atoms with Crippen LogP contribution in [0.4, 0.5) is 10.2 Å². The van der Waals surface area contributed by atoms with Crippen molar-refractivity contribution in [3.8, 4) is 5.88 Å². The minimum Gasteiger partial charge on any atom is -0.481 e. The Bertz CT molecular complexity index is 1620. The van der Waals surface area contributed by atoms with Gasteiger partial charge in [-0.2, -0.15) is 0 Å². The van der Waals surface area contributed by atoms with Crippen LogP contribution in [0, 0.1) is 5.82 Å². The molecule has 242 valence electrons. The number of anilines is 1. The fraction of sp³-hybridized carbons (Fsp3) is 0.382. The van der Waals surface area contributed by atoms with Crippen LogP contribution in [0.25, 0.3) is 5.57 Å². The number of allylic oxidation sites excluding steroid dienone is 2. The summed E-state index contributed by atoms with van der Waals surface area (Å²) in [6, 6.07) is 15.0. The van der Waals surface area contributed by atoms with Crippen LogP contribution in [0.15, 0.2) is 73.0 Å². The number of carbonyl (C=O) groups is 1. The number of hydrogen-bond acceptors (Lipinski definition) is 8. The Kier molecular flexibility index (Phi) is 9.91. The van der Waals surface area contributed by atoms with Gasteiger partial charge in [-0.1, -0.05) is 71.8 Å². The van der Waals surface area contributed by atoms with E-state index in [-0.39, 0.29) is 23.9 Å². The number of rotatable bonds is 11. The first-order valence-electron chi connectivity index (χ1n) is 15.4. The summed E-state index contributed by atoms with van der Waals surface area (Å²) in [6.45, 7) is 3.05. The topological polar surface area (TPSA) is 109 Å². The van der Waals surface area contributed by atoms with Crippen LogP contribution in [0.2, 0.25) is 0 Å². The van der Waals surface area contributed by atoms with Gasteiger partial charge in [-0.25, -0.2) is 14.4 Å². The lowest BCUT2D eigenvalue weighted by molar-refractivity contribution is -0.119. The second-order valence-corrected chi connectivity index (χ2v) is 13.0. The largest absolute Gasteiger partial charge is 0.481 e. The number of ether oxygens (including phenoxy) is 2. The SMILES string of the molecule is COc1nc(C2(Nc3nccc(CC4CNCCO4)c3F)C=CC=C(c3ccccc3)C2(Cl)Cl)ccc1CNCC1CCC(=O)N1. The average molecular weight is 668 g/mol. The second-order valence-electron chi connectivity index (χ2n) is 11.6. The highest BCUT2D eigenvalue weighted by molar-refractivity contribution is 6.55. The van der Waals surface area contributed by atoms with Crippen LogP contribution in [-0.2, 0) is 28.0 Å². The van der Waals surface area contributed by atoms with Gasteiger partial charge in [0.15, 0.2) is 16.0 Å². The van der Waals surface area contributed by atoms with Crippen molar-refractivity contribution in [3.05, 3.63) is 101 Å². The lowest BCUT2D eigenvalue weighted by Crippen LogP contribution is -2.51. The lowest BCUT2D eigenvalue weighted by atomic mass is 9.79. The Hall–Kier alpha value is -3.54. The van der Waals surface area contributed by atoms with Gasteiger partial charge in [0.25, 0.3) is 0 Å². The van der Waals surface area contributed by atoms with Gasteiger partial charge >= 0.3 is 0 Å². The van der Waals surface area contributed by atoms with Gasteiger partial charge in [-0.15, -0.1) is 0 Å². The maximum atomic E-state index is 16.2. The summed E-state index contributed by atoms with van der Waals surface area (Å²) >= 11 is 14.8. The van der Waals surface area contributed by atoms with Crippen molar-refractivity contribution in [1.82, 2.24) is 25.9 Å². The molecule has 0 spiro atoms. The predicted molar refractivity (Wildman–Crippen MR) is 177 cm³/mol. The molecule has 3 aromatic rings. The molecule has 2 fully saturated rings. The van der Waals surface area contributed by atoms with Gasteiger partial charge < -0.3 is 30.7 Å². The van der Waals surface area contributed by atoms with Gasteiger partial charge in [-0.05, 0) is 41.3 Å². The highest BCUT2D eigenvalue weighted by Gasteiger charge is 2.55. The van der Waals surface area contributed by atoms with Crippen molar-refractivity contribution in [2.75, 3.05) is 38.7 Å². The first kappa shape index (κ1) is 32.4. The molecular weight excluding hydrogens is 630 g/mol. The summed E-state index contributed by atoms with van der Waals surface area (Å²) in [5.41, 5.74) is 1.60. The molecule has 9 nitrogen and oxygen atoms in total. The monoisotopic (exact) mass is 666 g/mol. The Labute approximate surface area is 278 Å². The van der Waals surface area contributed by atoms with E-state index in [4.69, 9.17) is 37.7 Å². The van der Waals surface area contributed by atoms with Crippen LogP contribution >= 0.6 is 23.2 Å². The number of pyridine rings is 2. The quantitative estimate of drug-likeness (QED) is 0.219. The molecule has 1 aliphatic carbocycles. The van der Waals surface area contributed by atoms with Crippen LogP contribution in [0.5, 0.6) is 5.88 Å². The first-order chi connectivity index (χ1) is 22.3. The molecule has 46 heavy (non-hydrogen) atoms. The molecule has 0 saturated carbocycles. The fourth-order valence-electron chi connectivity index (χ4n) is 6.16. The number of halogens is 3. The number of nitrogens with one attached hydrogen (secondary N) is 4. The molecule has 3 atom stereocenters. The van der Waals surface area contributed by atoms with Gasteiger partial charge in [-0.3, -0.25) is 4.79 Å². The first-order valence-corrected chi connectivity index (χ1v) is 16.2. The summed E-state index contributed by atoms with van der Waals surface area (Å²) in [5.74, 6) is -0.106. The molecule has 0 bridgehead atoms. The number of carbonyl (C=O) groups excluding carboxylic acids is 1. The van der Waals surface area contributed by atoms with Crippen molar-refractivity contribution < 1.29 is 18.7 Å². The Morgan fingerprint density at radius 3 is 2.74 bits per heavy atom. The van der Waals surface area contributed by atoms with E-state index in [1.165, 1.54) is 0 Å². The number of morpholine rings is 1. The molecule has 4 N–H and O–H groups in total. The summed E-state index contributed by atoms with van der Waals surface area (Å²) < 4.78 is 26.1. The molecule has 6 rings (SSSR count). The van der Waals surface area contributed by atoms with Crippen molar-refractivity contribution in [2.45, 2.75) is 47.8 Å². The maximum absolute atomic E-state index is 16.2. The third-order valence-corrected chi connectivity index (χ3v) is 9.60. The molecular formula is C34H37Cl2FN6O3. The van der Waals surface area contributed by atoms with Gasteiger partial charge in [0.1, 0.15) is 5.54 Å². The second kappa shape index (κ2) is 14.1. The van der Waals surface area contributed by atoms with E-state index < -0.39 is 15.7 Å². The number of nitrogens with zero attached hydrogens (tertiary/aromatic N) is 2. The normalized spacial score (nSPS) is 23.9. The molecule has 12 heteroatoms. The minimum absolute atomic E-state index is 0.0176. The molecule has 2 aromatic heterocycles. The maximum Gasteiger partial charge on any atom is 0.220 e. The minimum atomic E-state index is -1.68. The molecule has 2 saturated heterocycles. The Morgan fingerprint density at radius 2 is 2.00 bits per heavy atom. The zero-order valence-corrected chi connectivity index (χ0v) is 27.0. The highest BCUT2D eigenvalue weighted by atomic mass is 35.5. The zero-order chi connectivity index (χ0) is 32.1. The van der Waals surface area contributed by atoms with E-state index in [1.54, 1.807) is 25.4 Å². The molecule has 2 aliphatic heterocycles. The van der Waals surface area contributed by atoms with Crippen LogP contribution in [0.3, 0.4) is 0 Å². The van der Waals surface area contributed by atoms with Crippen LogP contribution < -0.4 is 26.0 Å². The van der Waals surface area contributed by atoms with E-state index in [9.17, 15) is 4.79 Å². The van der Waals surface area contributed by atoms with Crippen molar-refractivity contribution in [1.29, 1.82) is 0 Å². The van der Waals surface area contributed by atoms with Gasteiger partial charge in [0, 0.05) is 56.8 Å². The van der Waals surface area contributed by atoms with Crippen molar-refractivity contribution in [2.24, 2.45) is 0 Å². The summed E-state index contributed by atoms with van der Waals surface area (Å²) in [6.07, 6.45) is 8.57. The zero-order valence-electron chi connectivity index (χ0n) is 25.5. The molecule has 0 radical (unpaired) electrons. The van der Waals surface area contributed by atoms with Crippen LogP contribution in [-0.4, -0.2) is 65.7 Å². The molecule has 3 aliphatic rings. The predicted octanol–water partition coefficient (Wildman–Crippen LogP) is 4.66. The van der Waals surface area contributed by atoms with Crippen molar-refractivity contribution in [3.63, 3.8) is 0 Å². The Balaban J connectivity index is 1.36. The third-order valence-electron chi connectivity index (χ3n) is 8.59. The smallest absolute Gasteiger partial charge is 0.220 e. The van der Waals surface area contributed by atoms with Crippen molar-refractivity contribution >= 4 is 40.5 Å². The number of hydrogen-bond donors (Lipinski definition) is 4. The molecule has 3 unspecified atom stereocenters. The summed E-state index contributed by atoms with van der Waals surface area (Å²) in [5, 5.41) is 12.9. The summed E-state index contributed by atoms with van der Waals surface area (Å²) in [7, 11) is 1.54. The van der Waals surface area contributed by atoms with E-state index in [2.05, 4.69) is 26.3 Å². The van der Waals surface area contributed by atoms with E-state index in [0.717, 1.165) is 24.1 Å². The van der Waals surface area contributed by atoms with E-state index in [1.807, 2.05) is 54.6 Å². The van der Waals surface area contributed by atoms with Gasteiger partial charge in [0.05, 0.1) is 25.5 Å². The van der Waals surface area contributed by atoms with Gasteiger partial charge in [0.2, 0.25) is 11.8 Å². The Morgan fingerprint density at radius 1 is 1.15 bits per heavy atom. The lowest BCUT2D eigenvalue weighted by Gasteiger charge is -2.44. The number of benzene rings is 1. The highest BCUT2D eigenvalue weighted by Crippen LogP contribution is 2.54. The number of alkyl halides is 2. The number of methoxy groups -OCH3 is 1. The summed E-state index contributed by atoms with van der Waals surface area (Å²) in [4.78, 5) is 20.9. The molecule has 1 amide bonds.